The summed E-state index contributed by atoms with van der Waals surface area (Å²) in [6.45, 7) is 2.35. The van der Waals surface area contributed by atoms with Gasteiger partial charge in [-0.15, -0.1) is 10.2 Å². The molecule has 0 aromatic carbocycles. The van der Waals surface area contributed by atoms with Gasteiger partial charge in [-0.2, -0.15) is 0 Å². The molecule has 0 amide bonds. The molecule has 11 heavy (non-hydrogen) atoms. The molecule has 0 radical (unpaired) electrons. The van der Waals surface area contributed by atoms with Gasteiger partial charge in [0.25, 0.3) is 0 Å². The number of hydrogen-bond acceptors (Lipinski definition) is 3. The lowest BCUT2D eigenvalue weighted by molar-refractivity contribution is 0.568. The van der Waals surface area contributed by atoms with E-state index in [1.54, 1.807) is 0 Å². The fourth-order valence-electron chi connectivity index (χ4n) is 2.19. The molecule has 58 valence electrons. The van der Waals surface area contributed by atoms with E-state index >= 15 is 0 Å². The maximum absolute atomic E-state index is 3.80. The third-order valence-electron chi connectivity index (χ3n) is 2.83. The number of piperidine rings is 1. The Balaban J connectivity index is 1.85. The molecule has 1 N–H and O–H groups in total. The van der Waals surface area contributed by atoms with Gasteiger partial charge in [0, 0.05) is 19.1 Å². The minimum atomic E-state index is 0.700. The van der Waals surface area contributed by atoms with E-state index in [1.807, 2.05) is 12.7 Å². The first-order valence-electron chi connectivity index (χ1n) is 4.01. The molecule has 1 saturated carbocycles. The van der Waals surface area contributed by atoms with Gasteiger partial charge in [0.1, 0.15) is 12.7 Å². The van der Waals surface area contributed by atoms with Crippen molar-refractivity contribution < 1.29 is 0 Å². The molecule has 1 aromatic heterocycles. The van der Waals surface area contributed by atoms with Gasteiger partial charge < -0.3 is 9.88 Å². The van der Waals surface area contributed by atoms with E-state index in [2.05, 4.69) is 20.1 Å². The van der Waals surface area contributed by atoms with E-state index in [1.165, 1.54) is 13.1 Å². The lowest BCUT2D eigenvalue weighted by atomic mass is 10.4. The fraction of sp³-hybridized carbons (Fsp3) is 0.714. The Morgan fingerprint density at radius 1 is 1.18 bits per heavy atom. The fourth-order valence-corrected chi connectivity index (χ4v) is 2.19. The molecule has 2 atom stereocenters. The Hall–Kier alpha value is -0.900. The normalized spacial score (nSPS) is 40.5. The van der Waals surface area contributed by atoms with Gasteiger partial charge in [-0.05, 0) is 11.8 Å². The zero-order valence-electron chi connectivity index (χ0n) is 6.14. The molecule has 4 heteroatoms. The van der Waals surface area contributed by atoms with Crippen LogP contribution in [-0.4, -0.2) is 27.9 Å². The molecule has 4 nitrogen and oxygen atoms in total. The van der Waals surface area contributed by atoms with Gasteiger partial charge >= 0.3 is 0 Å². The quantitative estimate of drug-likeness (QED) is 0.596. The second-order valence-corrected chi connectivity index (χ2v) is 3.39. The van der Waals surface area contributed by atoms with Crippen molar-refractivity contribution in [2.24, 2.45) is 11.8 Å². The third kappa shape index (κ3) is 0.673. The standard InChI is InChI=1S/C7H10N4/c1-5-6(2-8-1)7(5)11-3-9-10-4-11/h3-8H,1-2H2. The average molecular weight is 150 g/mol. The van der Waals surface area contributed by atoms with Gasteiger partial charge in [0.2, 0.25) is 0 Å². The van der Waals surface area contributed by atoms with Crippen molar-refractivity contribution in [3.63, 3.8) is 0 Å². The minimum Gasteiger partial charge on any atom is -0.316 e. The first-order valence-corrected chi connectivity index (χ1v) is 4.01. The Bertz CT molecular complexity index is 245. The highest BCUT2D eigenvalue weighted by atomic mass is 15.3. The molecule has 1 aromatic rings. The van der Waals surface area contributed by atoms with Crippen LogP contribution in [0.5, 0.6) is 0 Å². The van der Waals surface area contributed by atoms with Crippen LogP contribution in [0.25, 0.3) is 0 Å². The van der Waals surface area contributed by atoms with Gasteiger partial charge in [-0.1, -0.05) is 0 Å². The molecule has 2 unspecified atom stereocenters. The monoisotopic (exact) mass is 150 g/mol. The molecule has 3 rings (SSSR count). The molecule has 0 bridgehead atoms. The number of hydrogen-bond donors (Lipinski definition) is 1. The lowest BCUT2D eigenvalue weighted by Crippen LogP contribution is -2.15. The molecular weight excluding hydrogens is 140 g/mol. The Labute approximate surface area is 64.6 Å². The maximum Gasteiger partial charge on any atom is 0.119 e. The zero-order chi connectivity index (χ0) is 7.26. The van der Waals surface area contributed by atoms with Gasteiger partial charge in [0.05, 0.1) is 0 Å². The van der Waals surface area contributed by atoms with Crippen molar-refractivity contribution >= 4 is 0 Å². The van der Waals surface area contributed by atoms with E-state index in [4.69, 9.17) is 0 Å². The van der Waals surface area contributed by atoms with Crippen LogP contribution in [0.15, 0.2) is 12.7 Å². The predicted octanol–water partition coefficient (Wildman–Crippen LogP) is -0.332. The van der Waals surface area contributed by atoms with Gasteiger partial charge in [0.15, 0.2) is 0 Å². The molecule has 2 heterocycles. The van der Waals surface area contributed by atoms with Crippen LogP contribution in [0.1, 0.15) is 6.04 Å². The Morgan fingerprint density at radius 3 is 2.45 bits per heavy atom. The van der Waals surface area contributed by atoms with Gasteiger partial charge in [-0.3, -0.25) is 0 Å². The first kappa shape index (κ1) is 5.71. The second kappa shape index (κ2) is 1.82. The molecule has 1 aliphatic heterocycles. The maximum atomic E-state index is 3.80. The van der Waals surface area contributed by atoms with Gasteiger partial charge in [-0.25, -0.2) is 0 Å². The summed E-state index contributed by atoms with van der Waals surface area (Å²) < 4.78 is 2.14. The van der Waals surface area contributed by atoms with Crippen molar-refractivity contribution in [1.82, 2.24) is 20.1 Å². The van der Waals surface area contributed by atoms with Crippen molar-refractivity contribution in [2.75, 3.05) is 13.1 Å². The summed E-state index contributed by atoms with van der Waals surface area (Å²) in [4.78, 5) is 0. The molecule has 2 fully saturated rings. The highest BCUT2D eigenvalue weighted by molar-refractivity contribution is 5.07. The van der Waals surface area contributed by atoms with E-state index in [0.717, 1.165) is 11.8 Å². The SMILES string of the molecule is c1nncn1C1C2CNCC21. The van der Waals surface area contributed by atoms with Crippen LogP contribution < -0.4 is 5.32 Å². The van der Waals surface area contributed by atoms with Crippen molar-refractivity contribution in [3.8, 4) is 0 Å². The summed E-state index contributed by atoms with van der Waals surface area (Å²) in [7, 11) is 0. The van der Waals surface area contributed by atoms with Crippen molar-refractivity contribution in [3.05, 3.63) is 12.7 Å². The molecule has 2 aliphatic rings. The minimum absolute atomic E-state index is 0.700. The molecular formula is C7H10N4. The topological polar surface area (TPSA) is 42.7 Å². The average Bonchev–Trinajstić information content (AvgIpc) is 2.57. The van der Waals surface area contributed by atoms with Crippen LogP contribution in [0, 0.1) is 11.8 Å². The summed E-state index contributed by atoms with van der Waals surface area (Å²) >= 11 is 0. The van der Waals surface area contributed by atoms with Crippen molar-refractivity contribution in [1.29, 1.82) is 0 Å². The number of aromatic nitrogens is 3. The van der Waals surface area contributed by atoms with Crippen LogP contribution in [0.3, 0.4) is 0 Å². The summed E-state index contributed by atoms with van der Waals surface area (Å²) in [5.41, 5.74) is 0. The Morgan fingerprint density at radius 2 is 1.82 bits per heavy atom. The number of rotatable bonds is 1. The summed E-state index contributed by atoms with van der Waals surface area (Å²) in [5, 5.41) is 11.0. The summed E-state index contributed by atoms with van der Waals surface area (Å²) in [6.07, 6.45) is 3.64. The van der Waals surface area contributed by atoms with Crippen molar-refractivity contribution in [2.45, 2.75) is 6.04 Å². The molecule has 1 aliphatic carbocycles. The lowest BCUT2D eigenvalue weighted by Gasteiger charge is -2.02. The van der Waals surface area contributed by atoms with Crippen LogP contribution in [0.2, 0.25) is 0 Å². The van der Waals surface area contributed by atoms with E-state index in [0.29, 0.717) is 6.04 Å². The third-order valence-corrected chi connectivity index (χ3v) is 2.83. The molecule has 1 saturated heterocycles. The zero-order valence-corrected chi connectivity index (χ0v) is 6.14. The van der Waals surface area contributed by atoms with E-state index in [9.17, 15) is 0 Å². The van der Waals surface area contributed by atoms with Crippen LogP contribution in [0.4, 0.5) is 0 Å². The number of nitrogens with zero attached hydrogens (tertiary/aromatic N) is 3. The largest absolute Gasteiger partial charge is 0.316 e. The van der Waals surface area contributed by atoms with Crippen LogP contribution >= 0.6 is 0 Å². The summed E-state index contributed by atoms with van der Waals surface area (Å²) in [6, 6.07) is 0.700. The highest BCUT2D eigenvalue weighted by Gasteiger charge is 2.53. The second-order valence-electron chi connectivity index (χ2n) is 3.39. The number of fused-ring (bicyclic) bond motifs is 1. The Kier molecular flexibility index (Phi) is 0.946. The smallest absolute Gasteiger partial charge is 0.119 e. The highest BCUT2D eigenvalue weighted by Crippen LogP contribution is 2.52. The van der Waals surface area contributed by atoms with Crippen LogP contribution in [-0.2, 0) is 0 Å². The van der Waals surface area contributed by atoms with E-state index in [-0.39, 0.29) is 0 Å². The van der Waals surface area contributed by atoms with E-state index < -0.39 is 0 Å². The summed E-state index contributed by atoms with van der Waals surface area (Å²) in [5.74, 6) is 1.71. The predicted molar refractivity (Wildman–Crippen MR) is 38.9 cm³/mol. The molecule has 0 spiro atoms. The first-order chi connectivity index (χ1) is 5.47. The number of nitrogens with one attached hydrogen (secondary N) is 1.